The van der Waals surface area contributed by atoms with Crippen LogP contribution in [0.4, 0.5) is 4.39 Å². The SMILES string of the molecule is CN(CCc1cccs1)Cc1cc(F)cc(C#CCO)c1. The first-order valence-electron chi connectivity index (χ1n) is 6.77. The minimum absolute atomic E-state index is 0.216. The van der Waals surface area contributed by atoms with Crippen LogP contribution < -0.4 is 0 Å². The molecule has 1 heterocycles. The molecule has 0 saturated carbocycles. The Balaban J connectivity index is 1.96. The molecular formula is C17H18FNOS. The van der Waals surface area contributed by atoms with Gasteiger partial charge in [0, 0.05) is 23.5 Å². The molecule has 0 amide bonds. The van der Waals surface area contributed by atoms with Crippen LogP contribution in [0.2, 0.25) is 0 Å². The highest BCUT2D eigenvalue weighted by molar-refractivity contribution is 7.09. The van der Waals surface area contributed by atoms with Crippen LogP contribution in [0.1, 0.15) is 16.0 Å². The lowest BCUT2D eigenvalue weighted by Gasteiger charge is -2.16. The van der Waals surface area contributed by atoms with Crippen LogP contribution in [0.3, 0.4) is 0 Å². The molecule has 0 aliphatic carbocycles. The summed E-state index contributed by atoms with van der Waals surface area (Å²) in [5, 5.41) is 10.8. The van der Waals surface area contributed by atoms with Gasteiger partial charge in [0.15, 0.2) is 0 Å². The second kappa shape index (κ2) is 7.94. The number of hydrogen-bond donors (Lipinski definition) is 1. The molecule has 0 bridgehead atoms. The van der Waals surface area contributed by atoms with Gasteiger partial charge in [0.2, 0.25) is 0 Å². The Bertz CT molecular complexity index is 628. The van der Waals surface area contributed by atoms with Crippen molar-refractivity contribution in [2.45, 2.75) is 13.0 Å². The predicted octanol–water partition coefficient (Wildman–Crippen LogP) is 2.91. The van der Waals surface area contributed by atoms with E-state index in [9.17, 15) is 4.39 Å². The van der Waals surface area contributed by atoms with Crippen LogP contribution in [0.5, 0.6) is 0 Å². The van der Waals surface area contributed by atoms with Crippen LogP contribution in [0, 0.1) is 17.7 Å². The van der Waals surface area contributed by atoms with Crippen LogP contribution >= 0.6 is 11.3 Å². The highest BCUT2D eigenvalue weighted by Gasteiger charge is 2.04. The number of aliphatic hydroxyl groups is 1. The average molecular weight is 303 g/mol. The second-order valence-corrected chi connectivity index (χ2v) is 5.91. The molecule has 110 valence electrons. The van der Waals surface area contributed by atoms with E-state index in [1.54, 1.807) is 11.3 Å². The Hall–Kier alpha value is -1.67. The van der Waals surface area contributed by atoms with E-state index in [1.807, 2.05) is 13.1 Å². The fourth-order valence-electron chi connectivity index (χ4n) is 2.10. The zero-order chi connectivity index (χ0) is 15.1. The van der Waals surface area contributed by atoms with Gasteiger partial charge in [-0.15, -0.1) is 11.3 Å². The Morgan fingerprint density at radius 3 is 2.90 bits per heavy atom. The molecule has 2 rings (SSSR count). The number of halogens is 1. The quantitative estimate of drug-likeness (QED) is 0.859. The summed E-state index contributed by atoms with van der Waals surface area (Å²) >= 11 is 1.76. The van der Waals surface area contributed by atoms with Crippen LogP contribution in [-0.4, -0.2) is 30.2 Å². The highest BCUT2D eigenvalue weighted by atomic mass is 32.1. The summed E-state index contributed by atoms with van der Waals surface area (Å²) in [7, 11) is 2.03. The number of benzene rings is 1. The lowest BCUT2D eigenvalue weighted by molar-refractivity contribution is 0.331. The largest absolute Gasteiger partial charge is 0.384 e. The molecule has 0 radical (unpaired) electrons. The molecule has 0 saturated heterocycles. The molecule has 21 heavy (non-hydrogen) atoms. The predicted molar refractivity (Wildman–Crippen MR) is 84.7 cm³/mol. The van der Waals surface area contributed by atoms with Gasteiger partial charge in [0.1, 0.15) is 12.4 Å². The molecule has 0 aliphatic rings. The average Bonchev–Trinajstić information content (AvgIpc) is 2.95. The summed E-state index contributed by atoms with van der Waals surface area (Å²) in [5.74, 6) is 5.00. The standard InChI is InChI=1S/C17H18FNOS/c1-19(7-6-17-5-3-9-21-17)13-15-10-14(4-2-8-20)11-16(18)12-15/h3,5,9-12,20H,6-8,13H2,1H3. The normalized spacial score (nSPS) is 10.5. The number of nitrogens with zero attached hydrogens (tertiary/aromatic N) is 1. The van der Waals surface area contributed by atoms with E-state index in [2.05, 4.69) is 34.3 Å². The van der Waals surface area contributed by atoms with Crippen LogP contribution in [0.15, 0.2) is 35.7 Å². The molecule has 1 aromatic heterocycles. The monoisotopic (exact) mass is 303 g/mol. The lowest BCUT2D eigenvalue weighted by atomic mass is 10.1. The van der Waals surface area contributed by atoms with Crippen molar-refractivity contribution in [3.63, 3.8) is 0 Å². The molecule has 1 aromatic carbocycles. The second-order valence-electron chi connectivity index (χ2n) is 4.88. The zero-order valence-corrected chi connectivity index (χ0v) is 12.8. The first-order valence-corrected chi connectivity index (χ1v) is 7.65. The van der Waals surface area contributed by atoms with E-state index in [0.717, 1.165) is 18.5 Å². The topological polar surface area (TPSA) is 23.5 Å². The van der Waals surface area contributed by atoms with Crippen molar-refractivity contribution >= 4 is 11.3 Å². The number of rotatable bonds is 5. The van der Waals surface area contributed by atoms with Gasteiger partial charge in [0.05, 0.1) is 0 Å². The minimum atomic E-state index is -0.290. The smallest absolute Gasteiger partial charge is 0.124 e. The Labute approximate surface area is 128 Å². The summed E-state index contributed by atoms with van der Waals surface area (Å²) in [5.41, 5.74) is 1.50. The fourth-order valence-corrected chi connectivity index (χ4v) is 2.80. The summed E-state index contributed by atoms with van der Waals surface area (Å²) in [4.78, 5) is 3.52. The van der Waals surface area contributed by atoms with Gasteiger partial charge in [-0.2, -0.15) is 0 Å². The Morgan fingerprint density at radius 1 is 1.33 bits per heavy atom. The van der Waals surface area contributed by atoms with Crippen molar-refractivity contribution in [1.82, 2.24) is 4.90 Å². The van der Waals surface area contributed by atoms with Crippen LogP contribution in [0.25, 0.3) is 0 Å². The molecule has 0 atom stereocenters. The van der Waals surface area contributed by atoms with E-state index in [4.69, 9.17) is 5.11 Å². The minimum Gasteiger partial charge on any atom is -0.384 e. The maximum absolute atomic E-state index is 13.6. The van der Waals surface area contributed by atoms with E-state index in [1.165, 1.54) is 17.0 Å². The van der Waals surface area contributed by atoms with E-state index >= 15 is 0 Å². The molecule has 1 N–H and O–H groups in total. The van der Waals surface area contributed by atoms with Crippen LogP contribution in [-0.2, 0) is 13.0 Å². The zero-order valence-electron chi connectivity index (χ0n) is 12.0. The van der Waals surface area contributed by atoms with E-state index in [-0.39, 0.29) is 12.4 Å². The molecule has 0 fully saturated rings. The maximum Gasteiger partial charge on any atom is 0.124 e. The van der Waals surface area contributed by atoms with Crippen molar-refractivity contribution in [2.75, 3.05) is 20.2 Å². The van der Waals surface area contributed by atoms with Crippen molar-refractivity contribution in [2.24, 2.45) is 0 Å². The van der Waals surface area contributed by atoms with Gasteiger partial charge in [-0.05, 0) is 48.7 Å². The van der Waals surface area contributed by atoms with E-state index < -0.39 is 0 Å². The highest BCUT2D eigenvalue weighted by Crippen LogP contribution is 2.13. The van der Waals surface area contributed by atoms with Gasteiger partial charge in [0.25, 0.3) is 0 Å². The summed E-state index contributed by atoms with van der Waals surface area (Å²) < 4.78 is 13.6. The lowest BCUT2D eigenvalue weighted by Crippen LogP contribution is -2.20. The van der Waals surface area contributed by atoms with Gasteiger partial charge in [-0.3, -0.25) is 0 Å². The van der Waals surface area contributed by atoms with Gasteiger partial charge in [-0.25, -0.2) is 4.39 Å². The van der Waals surface area contributed by atoms with Gasteiger partial charge >= 0.3 is 0 Å². The number of thiophene rings is 1. The maximum atomic E-state index is 13.6. The first kappa shape index (κ1) is 15.7. The van der Waals surface area contributed by atoms with Crippen molar-refractivity contribution in [3.05, 3.63) is 57.5 Å². The Kier molecular flexibility index (Phi) is 5.94. The third-order valence-corrected chi connectivity index (χ3v) is 3.98. The van der Waals surface area contributed by atoms with Gasteiger partial charge < -0.3 is 10.0 Å². The third kappa shape index (κ3) is 5.31. The molecule has 2 nitrogen and oxygen atoms in total. The molecule has 4 heteroatoms. The van der Waals surface area contributed by atoms with Gasteiger partial charge in [-0.1, -0.05) is 17.9 Å². The number of likely N-dealkylation sites (N-methyl/N-ethyl adjacent to an activating group) is 1. The molecule has 0 spiro atoms. The third-order valence-electron chi connectivity index (χ3n) is 3.04. The number of hydrogen-bond acceptors (Lipinski definition) is 3. The Morgan fingerprint density at radius 2 is 2.19 bits per heavy atom. The number of aliphatic hydroxyl groups excluding tert-OH is 1. The van der Waals surface area contributed by atoms with Crippen molar-refractivity contribution < 1.29 is 9.50 Å². The summed E-state index contributed by atoms with van der Waals surface area (Å²) in [6, 6.07) is 8.97. The van der Waals surface area contributed by atoms with Crippen molar-refractivity contribution in [3.8, 4) is 11.8 Å². The first-order chi connectivity index (χ1) is 10.2. The fraction of sp³-hybridized carbons (Fsp3) is 0.294. The van der Waals surface area contributed by atoms with E-state index in [0.29, 0.717) is 12.1 Å². The molecule has 0 aliphatic heterocycles. The van der Waals surface area contributed by atoms with Crippen molar-refractivity contribution in [1.29, 1.82) is 0 Å². The molecule has 0 unspecified atom stereocenters. The molecular weight excluding hydrogens is 285 g/mol. The summed E-state index contributed by atoms with van der Waals surface area (Å²) in [6.45, 7) is 1.39. The summed E-state index contributed by atoms with van der Waals surface area (Å²) in [6.07, 6.45) is 1.00. The molecule has 2 aromatic rings.